The van der Waals surface area contributed by atoms with Crippen molar-refractivity contribution in [3.05, 3.63) is 18.0 Å². The number of nitrogens with zero attached hydrogens (tertiary/aromatic N) is 1. The molecule has 0 aliphatic carbocycles. The molecule has 0 radical (unpaired) electrons. The van der Waals surface area contributed by atoms with Crippen LogP contribution in [0.1, 0.15) is 38.8 Å². The third kappa shape index (κ3) is 3.01. The number of nitrogens with one attached hydrogen (secondary N) is 2. The lowest BCUT2D eigenvalue weighted by atomic mass is 9.87. The molecule has 4 heteroatoms. The topological polar surface area (TPSA) is 40.7 Å². The summed E-state index contributed by atoms with van der Waals surface area (Å²) >= 11 is 2.06. The van der Waals surface area contributed by atoms with Crippen molar-refractivity contribution in [2.24, 2.45) is 5.41 Å². The third-order valence-electron chi connectivity index (χ3n) is 3.12. The van der Waals surface area contributed by atoms with Crippen LogP contribution in [0.25, 0.3) is 0 Å². The van der Waals surface area contributed by atoms with Crippen LogP contribution >= 0.6 is 11.8 Å². The number of aromatic amines is 1. The van der Waals surface area contributed by atoms with Crippen LogP contribution in [-0.4, -0.2) is 27.7 Å². The number of thioether (sulfide) groups is 1. The van der Waals surface area contributed by atoms with Gasteiger partial charge in [0.1, 0.15) is 0 Å². The van der Waals surface area contributed by atoms with Gasteiger partial charge in [-0.3, -0.25) is 5.10 Å². The minimum absolute atomic E-state index is 0.387. The smallest absolute Gasteiger partial charge is 0.0534 e. The Bertz CT molecular complexity index is 321. The van der Waals surface area contributed by atoms with Crippen LogP contribution in [0, 0.1) is 5.41 Å². The lowest BCUT2D eigenvalue weighted by Gasteiger charge is -2.36. The number of H-pyrrole nitrogens is 1. The van der Waals surface area contributed by atoms with Crippen LogP contribution < -0.4 is 5.32 Å². The van der Waals surface area contributed by atoms with Gasteiger partial charge in [-0.1, -0.05) is 13.8 Å². The summed E-state index contributed by atoms with van der Waals surface area (Å²) in [5.74, 6) is 2.51. The Morgan fingerprint density at radius 3 is 3.06 bits per heavy atom. The molecule has 16 heavy (non-hydrogen) atoms. The minimum atomic E-state index is 0.387. The number of hydrogen-bond donors (Lipinski definition) is 2. The summed E-state index contributed by atoms with van der Waals surface area (Å²) in [4.78, 5) is 0. The molecule has 2 heterocycles. The van der Waals surface area contributed by atoms with E-state index < -0.39 is 0 Å². The highest BCUT2D eigenvalue weighted by molar-refractivity contribution is 7.99. The number of hydrogen-bond acceptors (Lipinski definition) is 3. The molecule has 1 aromatic rings. The molecule has 1 fully saturated rings. The highest BCUT2D eigenvalue weighted by atomic mass is 32.2. The molecular weight excluding hydrogens is 218 g/mol. The van der Waals surface area contributed by atoms with Gasteiger partial charge in [0.25, 0.3) is 0 Å². The van der Waals surface area contributed by atoms with E-state index in [4.69, 9.17) is 0 Å². The molecule has 3 nitrogen and oxygen atoms in total. The molecule has 0 bridgehead atoms. The largest absolute Gasteiger partial charge is 0.306 e. The summed E-state index contributed by atoms with van der Waals surface area (Å²) in [6, 6.07) is 1.01. The van der Waals surface area contributed by atoms with Crippen LogP contribution in [0.15, 0.2) is 12.4 Å². The molecule has 0 saturated carbocycles. The van der Waals surface area contributed by atoms with E-state index in [1.165, 1.54) is 23.5 Å². The second-order valence-electron chi connectivity index (χ2n) is 5.50. The molecule has 90 valence electrons. The Kier molecular flexibility index (Phi) is 3.60. The fraction of sp³-hybridized carbons (Fsp3) is 0.750. The Morgan fingerprint density at radius 2 is 2.44 bits per heavy atom. The van der Waals surface area contributed by atoms with Gasteiger partial charge >= 0.3 is 0 Å². The van der Waals surface area contributed by atoms with E-state index in [1.807, 2.05) is 12.4 Å². The summed E-state index contributed by atoms with van der Waals surface area (Å²) in [6.07, 6.45) is 5.14. The average molecular weight is 239 g/mol. The zero-order valence-electron chi connectivity index (χ0n) is 10.3. The summed E-state index contributed by atoms with van der Waals surface area (Å²) < 4.78 is 0. The van der Waals surface area contributed by atoms with Gasteiger partial charge in [0, 0.05) is 29.6 Å². The van der Waals surface area contributed by atoms with Crippen LogP contribution in [0.2, 0.25) is 0 Å². The van der Waals surface area contributed by atoms with Gasteiger partial charge in [0.2, 0.25) is 0 Å². The lowest BCUT2D eigenvalue weighted by Crippen LogP contribution is -2.41. The van der Waals surface area contributed by atoms with Crippen LogP contribution in [0.5, 0.6) is 0 Å². The monoisotopic (exact) mass is 239 g/mol. The van der Waals surface area contributed by atoms with E-state index in [0.717, 1.165) is 0 Å². The highest BCUT2D eigenvalue weighted by Gasteiger charge is 2.29. The van der Waals surface area contributed by atoms with E-state index in [1.54, 1.807) is 0 Å². The van der Waals surface area contributed by atoms with E-state index >= 15 is 0 Å². The predicted molar refractivity (Wildman–Crippen MR) is 69.6 cm³/mol. The van der Waals surface area contributed by atoms with Crippen molar-refractivity contribution >= 4 is 11.8 Å². The molecule has 0 spiro atoms. The first-order chi connectivity index (χ1) is 7.57. The molecule has 1 saturated heterocycles. The Morgan fingerprint density at radius 1 is 1.62 bits per heavy atom. The molecule has 1 aliphatic rings. The van der Waals surface area contributed by atoms with Crippen molar-refractivity contribution in [3.63, 3.8) is 0 Å². The molecule has 2 unspecified atom stereocenters. The fourth-order valence-electron chi connectivity index (χ4n) is 2.32. The van der Waals surface area contributed by atoms with Crippen LogP contribution in [0.4, 0.5) is 0 Å². The maximum Gasteiger partial charge on any atom is 0.0534 e. The molecular formula is C12H21N3S. The van der Waals surface area contributed by atoms with Crippen LogP contribution in [0.3, 0.4) is 0 Å². The first-order valence-electron chi connectivity index (χ1n) is 5.89. The summed E-state index contributed by atoms with van der Waals surface area (Å²) in [6.45, 7) is 6.92. The van der Waals surface area contributed by atoms with Gasteiger partial charge in [-0.25, -0.2) is 0 Å². The standard InChI is InChI=1S/C12H21N3S/c1-9(10-5-13-14-6-10)15-11-4-12(2,3)8-16-7-11/h5-6,9,11,15H,4,7-8H2,1-3H3,(H,13,14). The van der Waals surface area contributed by atoms with Gasteiger partial charge in [-0.15, -0.1) is 0 Å². The van der Waals surface area contributed by atoms with E-state index in [2.05, 4.69) is 48.0 Å². The number of rotatable bonds is 3. The van der Waals surface area contributed by atoms with Gasteiger partial charge < -0.3 is 5.32 Å². The molecule has 0 amide bonds. The number of aromatic nitrogens is 2. The van der Waals surface area contributed by atoms with Crippen molar-refractivity contribution < 1.29 is 0 Å². The first kappa shape index (κ1) is 12.0. The molecule has 2 N–H and O–H groups in total. The zero-order chi connectivity index (χ0) is 11.6. The van der Waals surface area contributed by atoms with Crippen molar-refractivity contribution in [1.82, 2.24) is 15.5 Å². The van der Waals surface area contributed by atoms with Crippen molar-refractivity contribution in [2.75, 3.05) is 11.5 Å². The fourth-order valence-corrected chi connectivity index (χ4v) is 3.60. The van der Waals surface area contributed by atoms with Crippen molar-refractivity contribution in [2.45, 2.75) is 39.3 Å². The zero-order valence-corrected chi connectivity index (χ0v) is 11.1. The molecule has 2 atom stereocenters. The van der Waals surface area contributed by atoms with E-state index in [0.29, 0.717) is 17.5 Å². The Balaban J connectivity index is 1.90. The second-order valence-corrected chi connectivity index (χ2v) is 6.53. The SMILES string of the molecule is CC(NC1CSCC(C)(C)C1)c1cn[nH]c1. The lowest BCUT2D eigenvalue weighted by molar-refractivity contribution is 0.305. The quantitative estimate of drug-likeness (QED) is 0.852. The highest BCUT2D eigenvalue weighted by Crippen LogP contribution is 2.34. The van der Waals surface area contributed by atoms with Gasteiger partial charge in [0.15, 0.2) is 0 Å². The minimum Gasteiger partial charge on any atom is -0.306 e. The Hall–Kier alpha value is -0.480. The molecule has 0 aromatic carbocycles. The maximum absolute atomic E-state index is 3.99. The van der Waals surface area contributed by atoms with Crippen molar-refractivity contribution in [3.8, 4) is 0 Å². The predicted octanol–water partition coefficient (Wildman–Crippen LogP) is 2.59. The van der Waals surface area contributed by atoms with E-state index in [9.17, 15) is 0 Å². The molecule has 1 aliphatic heterocycles. The van der Waals surface area contributed by atoms with Crippen LogP contribution in [-0.2, 0) is 0 Å². The molecule has 2 rings (SSSR count). The third-order valence-corrected chi connectivity index (χ3v) is 4.74. The van der Waals surface area contributed by atoms with E-state index in [-0.39, 0.29) is 0 Å². The van der Waals surface area contributed by atoms with Crippen molar-refractivity contribution in [1.29, 1.82) is 0 Å². The normalized spacial score (nSPS) is 26.6. The summed E-state index contributed by atoms with van der Waals surface area (Å²) in [5, 5.41) is 10.6. The summed E-state index contributed by atoms with van der Waals surface area (Å²) in [5.41, 5.74) is 1.71. The summed E-state index contributed by atoms with van der Waals surface area (Å²) in [7, 11) is 0. The maximum atomic E-state index is 3.99. The second kappa shape index (κ2) is 4.80. The van der Waals surface area contributed by atoms with Gasteiger partial charge in [0.05, 0.1) is 6.20 Å². The molecule has 1 aromatic heterocycles. The van der Waals surface area contributed by atoms with Gasteiger partial charge in [-0.05, 0) is 24.5 Å². The Labute approximate surface area is 102 Å². The average Bonchev–Trinajstić information content (AvgIpc) is 2.68. The first-order valence-corrected chi connectivity index (χ1v) is 7.05. The van der Waals surface area contributed by atoms with Gasteiger partial charge in [-0.2, -0.15) is 16.9 Å².